The summed E-state index contributed by atoms with van der Waals surface area (Å²) < 4.78 is 0. The van der Waals surface area contributed by atoms with Gasteiger partial charge in [-0.2, -0.15) is 0 Å². The zero-order chi connectivity index (χ0) is 9.97. The van der Waals surface area contributed by atoms with Crippen molar-refractivity contribution in [2.45, 2.75) is 31.5 Å². The Hall–Kier alpha value is -0.570. The fourth-order valence-electron chi connectivity index (χ4n) is 1.66. The normalized spacial score (nSPS) is 25.9. The first-order valence-electron chi connectivity index (χ1n) is 4.90. The van der Waals surface area contributed by atoms with Gasteiger partial charge in [0, 0.05) is 17.6 Å². The molecule has 76 valence electrons. The molecule has 14 heavy (non-hydrogen) atoms. The van der Waals surface area contributed by atoms with Crippen LogP contribution in [0.3, 0.4) is 0 Å². The molecule has 0 atom stereocenters. The number of rotatable bonds is 3. The SMILES string of the molecule is OC1CC(NCc2cccc(Cl)c2)C1. The molecule has 0 radical (unpaired) electrons. The number of benzene rings is 1. The number of halogens is 1. The summed E-state index contributed by atoms with van der Waals surface area (Å²) in [6, 6.07) is 8.31. The van der Waals surface area contributed by atoms with Crippen molar-refractivity contribution in [3.8, 4) is 0 Å². The Bertz CT molecular complexity index is 310. The van der Waals surface area contributed by atoms with E-state index in [9.17, 15) is 0 Å². The molecule has 0 saturated heterocycles. The van der Waals surface area contributed by atoms with Gasteiger partial charge in [-0.3, -0.25) is 0 Å². The van der Waals surface area contributed by atoms with Crippen LogP contribution in [0.25, 0.3) is 0 Å². The molecule has 2 N–H and O–H groups in total. The van der Waals surface area contributed by atoms with E-state index in [0.29, 0.717) is 6.04 Å². The highest BCUT2D eigenvalue weighted by Gasteiger charge is 2.26. The maximum absolute atomic E-state index is 9.10. The minimum atomic E-state index is -0.0909. The van der Waals surface area contributed by atoms with Crippen molar-refractivity contribution in [3.63, 3.8) is 0 Å². The largest absolute Gasteiger partial charge is 0.393 e. The standard InChI is InChI=1S/C11H14ClNO/c12-9-3-1-2-8(4-9)7-13-10-5-11(14)6-10/h1-4,10-11,13-14H,5-7H2. The van der Waals surface area contributed by atoms with Gasteiger partial charge in [0.05, 0.1) is 6.10 Å². The van der Waals surface area contributed by atoms with Gasteiger partial charge in [-0.1, -0.05) is 23.7 Å². The van der Waals surface area contributed by atoms with E-state index in [0.717, 1.165) is 24.4 Å². The van der Waals surface area contributed by atoms with Crippen LogP contribution in [-0.2, 0) is 6.54 Å². The van der Waals surface area contributed by atoms with Gasteiger partial charge in [0.2, 0.25) is 0 Å². The summed E-state index contributed by atoms with van der Waals surface area (Å²) in [4.78, 5) is 0. The molecule has 0 aliphatic heterocycles. The van der Waals surface area contributed by atoms with E-state index in [1.165, 1.54) is 5.56 Å². The van der Waals surface area contributed by atoms with Crippen LogP contribution in [0, 0.1) is 0 Å². The number of aliphatic hydroxyl groups is 1. The average molecular weight is 212 g/mol. The van der Waals surface area contributed by atoms with Gasteiger partial charge in [0.25, 0.3) is 0 Å². The molecular weight excluding hydrogens is 198 g/mol. The van der Waals surface area contributed by atoms with Crippen molar-refractivity contribution in [2.75, 3.05) is 0 Å². The zero-order valence-corrected chi connectivity index (χ0v) is 8.67. The van der Waals surface area contributed by atoms with Gasteiger partial charge in [-0.25, -0.2) is 0 Å². The van der Waals surface area contributed by atoms with Crippen molar-refractivity contribution in [1.82, 2.24) is 5.32 Å². The Kier molecular flexibility index (Phi) is 3.06. The lowest BCUT2D eigenvalue weighted by molar-refractivity contribution is 0.0619. The fourth-order valence-corrected chi connectivity index (χ4v) is 1.88. The third-order valence-electron chi connectivity index (χ3n) is 2.60. The van der Waals surface area contributed by atoms with Crippen molar-refractivity contribution in [1.29, 1.82) is 0 Å². The number of aliphatic hydroxyl groups excluding tert-OH is 1. The second kappa shape index (κ2) is 4.30. The maximum Gasteiger partial charge on any atom is 0.0570 e. The molecule has 1 aliphatic carbocycles. The van der Waals surface area contributed by atoms with Crippen molar-refractivity contribution >= 4 is 11.6 Å². The molecule has 0 amide bonds. The third-order valence-corrected chi connectivity index (χ3v) is 2.83. The van der Waals surface area contributed by atoms with Crippen LogP contribution < -0.4 is 5.32 Å². The predicted octanol–water partition coefficient (Wildman–Crippen LogP) is 1.95. The van der Waals surface area contributed by atoms with E-state index >= 15 is 0 Å². The first-order chi connectivity index (χ1) is 6.74. The van der Waals surface area contributed by atoms with Crippen molar-refractivity contribution < 1.29 is 5.11 Å². The summed E-state index contributed by atoms with van der Waals surface area (Å²) >= 11 is 5.86. The van der Waals surface area contributed by atoms with Crippen LogP contribution in [0.1, 0.15) is 18.4 Å². The topological polar surface area (TPSA) is 32.3 Å². The molecule has 1 aromatic carbocycles. The minimum absolute atomic E-state index is 0.0909. The Morgan fingerprint density at radius 3 is 2.86 bits per heavy atom. The Labute approximate surface area is 88.9 Å². The van der Waals surface area contributed by atoms with Crippen LogP contribution in [-0.4, -0.2) is 17.3 Å². The quantitative estimate of drug-likeness (QED) is 0.801. The lowest BCUT2D eigenvalue weighted by Gasteiger charge is -2.32. The van der Waals surface area contributed by atoms with Crippen LogP contribution in [0.4, 0.5) is 0 Å². The third kappa shape index (κ3) is 2.47. The summed E-state index contributed by atoms with van der Waals surface area (Å²) in [5.74, 6) is 0. The van der Waals surface area contributed by atoms with Crippen molar-refractivity contribution in [3.05, 3.63) is 34.9 Å². The molecule has 1 saturated carbocycles. The summed E-state index contributed by atoms with van der Waals surface area (Å²) in [6.07, 6.45) is 1.66. The van der Waals surface area contributed by atoms with Crippen LogP contribution >= 0.6 is 11.6 Å². The molecule has 2 rings (SSSR count). The monoisotopic (exact) mass is 211 g/mol. The number of hydrogen-bond donors (Lipinski definition) is 2. The molecule has 0 unspecified atom stereocenters. The highest BCUT2D eigenvalue weighted by atomic mass is 35.5. The minimum Gasteiger partial charge on any atom is -0.393 e. The number of nitrogens with one attached hydrogen (secondary N) is 1. The van der Waals surface area contributed by atoms with E-state index in [2.05, 4.69) is 5.32 Å². The first kappa shape index (κ1) is 9.97. The molecule has 3 heteroatoms. The van der Waals surface area contributed by atoms with Gasteiger partial charge < -0.3 is 10.4 Å². The van der Waals surface area contributed by atoms with Gasteiger partial charge in [0.15, 0.2) is 0 Å². The predicted molar refractivity (Wildman–Crippen MR) is 57.3 cm³/mol. The van der Waals surface area contributed by atoms with Crippen LogP contribution in [0.5, 0.6) is 0 Å². The van der Waals surface area contributed by atoms with Gasteiger partial charge in [-0.15, -0.1) is 0 Å². The molecule has 0 aromatic heterocycles. The summed E-state index contributed by atoms with van der Waals surface area (Å²) in [6.45, 7) is 0.831. The maximum atomic E-state index is 9.10. The van der Waals surface area contributed by atoms with E-state index in [1.54, 1.807) is 0 Å². The zero-order valence-electron chi connectivity index (χ0n) is 7.91. The van der Waals surface area contributed by atoms with E-state index in [1.807, 2.05) is 24.3 Å². The second-order valence-electron chi connectivity index (χ2n) is 3.83. The Morgan fingerprint density at radius 2 is 2.21 bits per heavy atom. The average Bonchev–Trinajstić information content (AvgIpc) is 2.11. The molecule has 1 aliphatic rings. The smallest absolute Gasteiger partial charge is 0.0570 e. The summed E-state index contributed by atoms with van der Waals surface area (Å²) in [7, 11) is 0. The van der Waals surface area contributed by atoms with Gasteiger partial charge >= 0.3 is 0 Å². The lowest BCUT2D eigenvalue weighted by Crippen LogP contribution is -2.43. The molecular formula is C11H14ClNO. The van der Waals surface area contributed by atoms with Crippen LogP contribution in [0.2, 0.25) is 5.02 Å². The van der Waals surface area contributed by atoms with Crippen LogP contribution in [0.15, 0.2) is 24.3 Å². The first-order valence-corrected chi connectivity index (χ1v) is 5.28. The summed E-state index contributed by atoms with van der Waals surface area (Å²) in [5.41, 5.74) is 1.19. The Morgan fingerprint density at radius 1 is 1.43 bits per heavy atom. The van der Waals surface area contributed by atoms with E-state index < -0.39 is 0 Å². The van der Waals surface area contributed by atoms with Crippen molar-refractivity contribution in [2.24, 2.45) is 0 Å². The van der Waals surface area contributed by atoms with E-state index in [4.69, 9.17) is 16.7 Å². The summed E-state index contributed by atoms with van der Waals surface area (Å²) in [5, 5.41) is 13.2. The highest BCUT2D eigenvalue weighted by Crippen LogP contribution is 2.20. The number of hydrogen-bond acceptors (Lipinski definition) is 2. The fraction of sp³-hybridized carbons (Fsp3) is 0.455. The van der Waals surface area contributed by atoms with Gasteiger partial charge in [0.1, 0.15) is 0 Å². The van der Waals surface area contributed by atoms with E-state index in [-0.39, 0.29) is 6.10 Å². The molecule has 0 spiro atoms. The molecule has 0 bridgehead atoms. The lowest BCUT2D eigenvalue weighted by atomic mass is 9.89. The van der Waals surface area contributed by atoms with Gasteiger partial charge in [-0.05, 0) is 30.5 Å². The highest BCUT2D eigenvalue weighted by molar-refractivity contribution is 6.30. The molecule has 0 heterocycles. The Balaban J connectivity index is 1.80. The molecule has 1 fully saturated rings. The second-order valence-corrected chi connectivity index (χ2v) is 4.27. The molecule has 2 nitrogen and oxygen atoms in total. The molecule has 1 aromatic rings.